The monoisotopic (exact) mass is 339 g/mol. The predicted octanol–water partition coefficient (Wildman–Crippen LogP) is 1.60. The molecule has 7 heteroatoms. The zero-order valence-electron chi connectivity index (χ0n) is 13.6. The predicted molar refractivity (Wildman–Crippen MR) is 91.8 cm³/mol. The van der Waals surface area contributed by atoms with Crippen molar-refractivity contribution >= 4 is 18.0 Å². The van der Waals surface area contributed by atoms with E-state index in [-0.39, 0.29) is 19.2 Å². The van der Waals surface area contributed by atoms with Crippen molar-refractivity contribution in [3.05, 3.63) is 59.2 Å². The molecule has 1 aliphatic rings. The van der Waals surface area contributed by atoms with Crippen molar-refractivity contribution in [2.75, 3.05) is 13.3 Å². The van der Waals surface area contributed by atoms with Crippen LogP contribution in [0, 0.1) is 6.92 Å². The molecule has 7 nitrogen and oxygen atoms in total. The van der Waals surface area contributed by atoms with E-state index < -0.39 is 5.91 Å². The first kappa shape index (κ1) is 16.5. The molecule has 2 N–H and O–H groups in total. The highest BCUT2D eigenvalue weighted by molar-refractivity contribution is 5.96. The maximum Gasteiger partial charge on any atom is 0.259 e. The minimum Gasteiger partial charge on any atom is -0.454 e. The molecule has 0 atom stereocenters. The second kappa shape index (κ2) is 7.48. The lowest BCUT2D eigenvalue weighted by molar-refractivity contribution is -0.120. The quantitative estimate of drug-likeness (QED) is 0.640. The van der Waals surface area contributed by atoms with Gasteiger partial charge in [-0.05, 0) is 42.8 Å². The van der Waals surface area contributed by atoms with Gasteiger partial charge in [0.2, 0.25) is 6.79 Å². The summed E-state index contributed by atoms with van der Waals surface area (Å²) >= 11 is 0. The highest BCUT2D eigenvalue weighted by atomic mass is 16.7. The summed E-state index contributed by atoms with van der Waals surface area (Å²) in [6.07, 6.45) is 1.49. The number of carbonyl (C=O) groups is 2. The number of hydrazone groups is 1. The van der Waals surface area contributed by atoms with Crippen molar-refractivity contribution in [3.8, 4) is 11.5 Å². The van der Waals surface area contributed by atoms with E-state index in [9.17, 15) is 9.59 Å². The van der Waals surface area contributed by atoms with E-state index in [2.05, 4.69) is 15.8 Å². The van der Waals surface area contributed by atoms with Crippen LogP contribution < -0.4 is 20.2 Å². The van der Waals surface area contributed by atoms with Crippen molar-refractivity contribution in [1.82, 2.24) is 10.7 Å². The maximum absolute atomic E-state index is 11.9. The fraction of sp³-hybridized carbons (Fsp3) is 0.167. The molecule has 2 aromatic rings. The number of ether oxygens (including phenoxy) is 2. The first-order valence-electron chi connectivity index (χ1n) is 7.68. The van der Waals surface area contributed by atoms with Crippen LogP contribution in [0.3, 0.4) is 0 Å². The van der Waals surface area contributed by atoms with Gasteiger partial charge in [0.25, 0.3) is 11.8 Å². The third kappa shape index (κ3) is 4.35. The lowest BCUT2D eigenvalue weighted by Crippen LogP contribution is -2.34. The molecule has 2 aromatic carbocycles. The van der Waals surface area contributed by atoms with E-state index in [0.717, 1.165) is 11.1 Å². The van der Waals surface area contributed by atoms with Crippen LogP contribution in [0.15, 0.2) is 47.6 Å². The standard InChI is InChI=1S/C18H17N3O4/c1-12-2-5-14(6-3-12)18(23)19-10-17(22)21-20-9-13-4-7-15-16(8-13)25-11-24-15/h2-9H,10-11H2,1H3,(H,19,23)(H,21,22)/b20-9+. The molecule has 0 saturated carbocycles. The number of carbonyl (C=O) groups excluding carboxylic acids is 2. The summed E-state index contributed by atoms with van der Waals surface area (Å²) in [7, 11) is 0. The van der Waals surface area contributed by atoms with Crippen LogP contribution in [0.25, 0.3) is 0 Å². The van der Waals surface area contributed by atoms with Crippen LogP contribution in [0.2, 0.25) is 0 Å². The maximum atomic E-state index is 11.9. The second-order valence-electron chi connectivity index (χ2n) is 5.45. The van der Waals surface area contributed by atoms with Gasteiger partial charge in [-0.15, -0.1) is 0 Å². The van der Waals surface area contributed by atoms with Gasteiger partial charge in [0.05, 0.1) is 12.8 Å². The average Bonchev–Trinajstić information content (AvgIpc) is 3.08. The zero-order chi connectivity index (χ0) is 17.6. The van der Waals surface area contributed by atoms with Crippen molar-refractivity contribution < 1.29 is 19.1 Å². The molecule has 0 saturated heterocycles. The largest absolute Gasteiger partial charge is 0.454 e. The molecule has 1 aliphatic heterocycles. The topological polar surface area (TPSA) is 89.0 Å². The number of rotatable bonds is 5. The summed E-state index contributed by atoms with van der Waals surface area (Å²) in [5.74, 6) is 0.591. The average molecular weight is 339 g/mol. The van der Waals surface area contributed by atoms with Crippen LogP contribution >= 0.6 is 0 Å². The van der Waals surface area contributed by atoms with Gasteiger partial charge < -0.3 is 14.8 Å². The van der Waals surface area contributed by atoms with E-state index in [4.69, 9.17) is 9.47 Å². The number of nitrogens with one attached hydrogen (secondary N) is 2. The summed E-state index contributed by atoms with van der Waals surface area (Å²) in [5, 5.41) is 6.40. The zero-order valence-corrected chi connectivity index (χ0v) is 13.6. The van der Waals surface area contributed by atoms with E-state index >= 15 is 0 Å². The highest BCUT2D eigenvalue weighted by Crippen LogP contribution is 2.31. The Morgan fingerprint density at radius 2 is 1.88 bits per heavy atom. The Morgan fingerprint density at radius 1 is 1.12 bits per heavy atom. The Morgan fingerprint density at radius 3 is 2.68 bits per heavy atom. The number of benzene rings is 2. The summed E-state index contributed by atoms with van der Waals surface area (Å²) in [6.45, 7) is 1.98. The molecule has 1 heterocycles. The lowest BCUT2D eigenvalue weighted by Gasteiger charge is -2.04. The minimum atomic E-state index is -0.419. The smallest absolute Gasteiger partial charge is 0.259 e. The number of fused-ring (bicyclic) bond motifs is 1. The number of hydrogen-bond donors (Lipinski definition) is 2. The Labute approximate surface area is 144 Å². The SMILES string of the molecule is Cc1ccc(C(=O)NCC(=O)N/N=C/c2ccc3c(c2)OCO3)cc1. The summed E-state index contributed by atoms with van der Waals surface area (Å²) in [5.41, 5.74) is 4.68. The van der Waals surface area contributed by atoms with Crippen molar-refractivity contribution in [2.45, 2.75) is 6.92 Å². The number of nitrogens with zero attached hydrogens (tertiary/aromatic N) is 1. The Balaban J connectivity index is 1.46. The molecule has 0 fully saturated rings. The van der Waals surface area contributed by atoms with Gasteiger partial charge in [0.1, 0.15) is 0 Å². The van der Waals surface area contributed by atoms with Gasteiger partial charge in [0, 0.05) is 5.56 Å². The Hall–Kier alpha value is -3.35. The molecule has 0 unspecified atom stereocenters. The van der Waals surface area contributed by atoms with Gasteiger partial charge in [-0.3, -0.25) is 9.59 Å². The number of hydrogen-bond acceptors (Lipinski definition) is 5. The van der Waals surface area contributed by atoms with E-state index in [1.807, 2.05) is 19.1 Å². The molecule has 128 valence electrons. The molecule has 25 heavy (non-hydrogen) atoms. The molecule has 0 radical (unpaired) electrons. The van der Waals surface area contributed by atoms with Gasteiger partial charge in [-0.2, -0.15) is 5.10 Å². The number of aryl methyl sites for hydroxylation is 1. The van der Waals surface area contributed by atoms with Crippen molar-refractivity contribution in [2.24, 2.45) is 5.10 Å². The highest BCUT2D eigenvalue weighted by Gasteiger charge is 2.12. The summed E-state index contributed by atoms with van der Waals surface area (Å²) in [4.78, 5) is 23.6. The van der Waals surface area contributed by atoms with Crippen LogP contribution in [0.5, 0.6) is 11.5 Å². The Bertz CT molecular complexity index is 816. The molecular weight excluding hydrogens is 322 g/mol. The minimum absolute atomic E-state index is 0.162. The Kier molecular flexibility index (Phi) is 4.94. The molecule has 0 aromatic heterocycles. The first-order chi connectivity index (χ1) is 12.1. The lowest BCUT2D eigenvalue weighted by atomic mass is 10.1. The van der Waals surface area contributed by atoms with Gasteiger partial charge in [-0.1, -0.05) is 17.7 Å². The van der Waals surface area contributed by atoms with Gasteiger partial charge in [-0.25, -0.2) is 5.43 Å². The number of amides is 2. The van der Waals surface area contributed by atoms with Crippen LogP contribution in [0.4, 0.5) is 0 Å². The van der Waals surface area contributed by atoms with Crippen LogP contribution in [-0.2, 0) is 4.79 Å². The molecule has 2 amide bonds. The fourth-order valence-electron chi connectivity index (χ4n) is 2.18. The van der Waals surface area contributed by atoms with E-state index in [1.165, 1.54) is 6.21 Å². The normalized spacial score (nSPS) is 12.2. The summed E-state index contributed by atoms with van der Waals surface area (Å²) in [6, 6.07) is 12.4. The molecular formula is C18H17N3O4. The van der Waals surface area contributed by atoms with Crippen molar-refractivity contribution in [3.63, 3.8) is 0 Å². The molecule has 3 rings (SSSR count). The van der Waals surface area contributed by atoms with Crippen LogP contribution in [0.1, 0.15) is 21.5 Å². The van der Waals surface area contributed by atoms with Crippen molar-refractivity contribution in [1.29, 1.82) is 0 Å². The first-order valence-corrected chi connectivity index (χ1v) is 7.68. The fourth-order valence-corrected chi connectivity index (χ4v) is 2.18. The third-order valence-electron chi connectivity index (χ3n) is 3.52. The molecule has 0 aliphatic carbocycles. The second-order valence-corrected chi connectivity index (χ2v) is 5.45. The molecule has 0 spiro atoms. The third-order valence-corrected chi connectivity index (χ3v) is 3.52. The van der Waals surface area contributed by atoms with Gasteiger partial charge >= 0.3 is 0 Å². The van der Waals surface area contributed by atoms with Gasteiger partial charge in [0.15, 0.2) is 11.5 Å². The summed E-state index contributed by atoms with van der Waals surface area (Å²) < 4.78 is 10.5. The van der Waals surface area contributed by atoms with E-state index in [1.54, 1.807) is 30.3 Å². The van der Waals surface area contributed by atoms with Crippen LogP contribution in [-0.4, -0.2) is 31.4 Å². The van der Waals surface area contributed by atoms with E-state index in [0.29, 0.717) is 17.1 Å². The molecule has 0 bridgehead atoms.